The minimum atomic E-state index is -0.193. The molecule has 2 aromatic carbocycles. The van der Waals surface area contributed by atoms with Gasteiger partial charge in [0, 0.05) is 23.5 Å². The summed E-state index contributed by atoms with van der Waals surface area (Å²) in [6, 6.07) is 11.0. The van der Waals surface area contributed by atoms with Gasteiger partial charge in [-0.2, -0.15) is 0 Å². The van der Waals surface area contributed by atoms with Crippen LogP contribution in [-0.4, -0.2) is 11.6 Å². The van der Waals surface area contributed by atoms with Gasteiger partial charge in [-0.3, -0.25) is 4.90 Å². The van der Waals surface area contributed by atoms with Gasteiger partial charge in [-0.05, 0) is 67.7 Å². The number of ether oxygens (including phenoxy) is 1. The van der Waals surface area contributed by atoms with Gasteiger partial charge >= 0.3 is 5.63 Å². The average molecular weight is 422 g/mol. The second kappa shape index (κ2) is 7.14. The van der Waals surface area contributed by atoms with Gasteiger partial charge in [0.2, 0.25) is 0 Å². The first-order valence-corrected chi connectivity index (χ1v) is 11.3. The molecule has 0 saturated heterocycles. The molecule has 1 unspecified atom stereocenters. The largest absolute Gasteiger partial charge is 0.476 e. The van der Waals surface area contributed by atoms with Crippen molar-refractivity contribution in [2.75, 3.05) is 6.73 Å². The summed E-state index contributed by atoms with van der Waals surface area (Å²) in [4.78, 5) is 15.1. The summed E-state index contributed by atoms with van der Waals surface area (Å²) >= 11 is 6.65. The van der Waals surface area contributed by atoms with Crippen LogP contribution in [0.3, 0.4) is 0 Å². The highest BCUT2D eigenvalue weighted by atomic mass is 35.5. The molecule has 3 aromatic rings. The highest BCUT2D eigenvalue weighted by Crippen LogP contribution is 2.44. The lowest BCUT2D eigenvalue weighted by atomic mass is 9.86. The predicted molar refractivity (Wildman–Crippen MR) is 117 cm³/mol. The van der Waals surface area contributed by atoms with Crippen LogP contribution >= 0.6 is 11.6 Å². The summed E-state index contributed by atoms with van der Waals surface area (Å²) in [7, 11) is 0. The number of fused-ring (bicyclic) bond motifs is 6. The normalized spacial score (nSPS) is 20.9. The number of hydrogen-bond acceptors (Lipinski definition) is 4. The molecule has 6 rings (SSSR count). The molecule has 5 heteroatoms. The van der Waals surface area contributed by atoms with Gasteiger partial charge in [-0.25, -0.2) is 4.79 Å². The smallest absolute Gasteiger partial charge is 0.339 e. The van der Waals surface area contributed by atoms with Crippen molar-refractivity contribution in [3.63, 3.8) is 0 Å². The van der Waals surface area contributed by atoms with Crippen LogP contribution in [0.25, 0.3) is 11.0 Å². The Kier molecular flexibility index (Phi) is 4.39. The van der Waals surface area contributed by atoms with Gasteiger partial charge in [0.1, 0.15) is 18.1 Å². The molecule has 0 spiro atoms. The zero-order chi connectivity index (χ0) is 20.2. The third kappa shape index (κ3) is 2.81. The van der Waals surface area contributed by atoms with Gasteiger partial charge in [-0.15, -0.1) is 0 Å². The van der Waals surface area contributed by atoms with E-state index in [4.69, 9.17) is 20.8 Å². The quantitative estimate of drug-likeness (QED) is 0.483. The molecule has 0 saturated carbocycles. The van der Waals surface area contributed by atoms with E-state index in [-0.39, 0.29) is 5.63 Å². The van der Waals surface area contributed by atoms with E-state index in [0.29, 0.717) is 35.7 Å². The summed E-state index contributed by atoms with van der Waals surface area (Å²) in [5.74, 6) is 0.670. The minimum Gasteiger partial charge on any atom is -0.476 e. The fraction of sp³-hybridized carbons (Fsp3) is 0.400. The number of benzene rings is 2. The molecule has 154 valence electrons. The van der Waals surface area contributed by atoms with E-state index < -0.39 is 0 Å². The lowest BCUT2D eigenvalue weighted by Crippen LogP contribution is -2.37. The van der Waals surface area contributed by atoms with Crippen molar-refractivity contribution < 1.29 is 9.15 Å². The zero-order valence-corrected chi connectivity index (χ0v) is 17.6. The second-order valence-electron chi connectivity index (χ2n) is 8.72. The first-order valence-electron chi connectivity index (χ1n) is 11.0. The SMILES string of the molecule is O=c1oc2c3c(c(Cl)cc2c2c1CCCC2)OCN(C1CCCc2ccccc21)C3. The van der Waals surface area contributed by atoms with Crippen LogP contribution in [0.15, 0.2) is 39.5 Å². The lowest BCUT2D eigenvalue weighted by molar-refractivity contribution is 0.0482. The van der Waals surface area contributed by atoms with Crippen molar-refractivity contribution >= 4 is 22.6 Å². The summed E-state index contributed by atoms with van der Waals surface area (Å²) in [6.45, 7) is 1.17. The first-order chi connectivity index (χ1) is 14.7. The number of aryl methyl sites for hydroxylation is 2. The maximum absolute atomic E-state index is 12.7. The molecule has 2 aliphatic carbocycles. The van der Waals surface area contributed by atoms with Crippen LogP contribution in [0.2, 0.25) is 5.02 Å². The van der Waals surface area contributed by atoms with Crippen LogP contribution in [0.5, 0.6) is 5.75 Å². The minimum absolute atomic E-state index is 0.193. The second-order valence-corrected chi connectivity index (χ2v) is 9.13. The Hall–Kier alpha value is -2.30. The zero-order valence-electron chi connectivity index (χ0n) is 16.9. The third-order valence-corrected chi connectivity index (χ3v) is 7.31. The molecule has 0 radical (unpaired) electrons. The van der Waals surface area contributed by atoms with E-state index in [9.17, 15) is 4.79 Å². The van der Waals surface area contributed by atoms with Crippen LogP contribution in [-0.2, 0) is 25.8 Å². The van der Waals surface area contributed by atoms with Crippen molar-refractivity contribution in [2.45, 2.75) is 57.5 Å². The fourth-order valence-corrected chi connectivity index (χ4v) is 5.87. The molecule has 1 atom stereocenters. The van der Waals surface area contributed by atoms with Crippen LogP contribution < -0.4 is 10.4 Å². The maximum Gasteiger partial charge on any atom is 0.339 e. The van der Waals surface area contributed by atoms with Gasteiger partial charge in [0.05, 0.1) is 10.6 Å². The number of halogens is 1. The van der Waals surface area contributed by atoms with Crippen molar-refractivity contribution in [1.82, 2.24) is 4.90 Å². The van der Waals surface area contributed by atoms with Crippen molar-refractivity contribution in [3.8, 4) is 5.75 Å². The van der Waals surface area contributed by atoms with E-state index in [1.54, 1.807) is 0 Å². The van der Waals surface area contributed by atoms with Crippen molar-refractivity contribution in [2.24, 2.45) is 0 Å². The Morgan fingerprint density at radius 3 is 2.73 bits per heavy atom. The van der Waals surface area contributed by atoms with Gasteiger partial charge in [0.25, 0.3) is 0 Å². The van der Waals surface area contributed by atoms with Crippen LogP contribution in [0.1, 0.15) is 59.5 Å². The molecule has 0 amide bonds. The number of hydrogen-bond donors (Lipinski definition) is 0. The summed E-state index contributed by atoms with van der Waals surface area (Å²) in [5, 5.41) is 1.60. The van der Waals surface area contributed by atoms with E-state index >= 15 is 0 Å². The summed E-state index contributed by atoms with van der Waals surface area (Å²) in [5.41, 5.74) is 6.15. The molecular weight excluding hydrogens is 398 g/mol. The Labute approximate surface area is 180 Å². The molecule has 2 heterocycles. The standard InChI is InChI=1S/C25H24ClNO3/c26-21-12-19-17-9-3-4-10-18(17)25(28)30-23(19)20-13-27(14-29-24(20)21)22-11-5-7-15-6-1-2-8-16(15)22/h1-2,6,8,12,22H,3-5,7,9-11,13-14H2. The Morgan fingerprint density at radius 2 is 1.83 bits per heavy atom. The Bertz CT molecular complexity index is 1220. The monoisotopic (exact) mass is 421 g/mol. The van der Waals surface area contributed by atoms with Crippen molar-refractivity contribution in [1.29, 1.82) is 0 Å². The van der Waals surface area contributed by atoms with Crippen molar-refractivity contribution in [3.05, 3.63) is 73.6 Å². The molecule has 0 N–H and O–H groups in total. The molecule has 30 heavy (non-hydrogen) atoms. The average Bonchev–Trinajstić information content (AvgIpc) is 2.79. The fourth-order valence-electron chi connectivity index (χ4n) is 5.59. The predicted octanol–water partition coefficient (Wildman–Crippen LogP) is 5.55. The van der Waals surface area contributed by atoms with Gasteiger partial charge < -0.3 is 9.15 Å². The topological polar surface area (TPSA) is 42.7 Å². The van der Waals surface area contributed by atoms with E-state index in [0.717, 1.165) is 60.6 Å². The van der Waals surface area contributed by atoms with Crippen LogP contribution in [0, 0.1) is 0 Å². The van der Waals surface area contributed by atoms with E-state index in [1.807, 2.05) is 6.07 Å². The Balaban J connectivity index is 1.48. The molecule has 0 fully saturated rings. The number of nitrogens with zero attached hydrogens (tertiary/aromatic N) is 1. The van der Waals surface area contributed by atoms with E-state index in [2.05, 4.69) is 29.2 Å². The van der Waals surface area contributed by atoms with Crippen LogP contribution in [0.4, 0.5) is 0 Å². The number of rotatable bonds is 1. The van der Waals surface area contributed by atoms with Gasteiger partial charge in [-0.1, -0.05) is 35.9 Å². The van der Waals surface area contributed by atoms with Gasteiger partial charge in [0.15, 0.2) is 0 Å². The van der Waals surface area contributed by atoms with E-state index in [1.165, 1.54) is 17.5 Å². The first kappa shape index (κ1) is 18.5. The molecular formula is C25H24ClNO3. The highest BCUT2D eigenvalue weighted by molar-refractivity contribution is 6.33. The maximum atomic E-state index is 12.7. The Morgan fingerprint density at radius 1 is 1.00 bits per heavy atom. The molecule has 1 aliphatic heterocycles. The summed E-state index contributed by atoms with van der Waals surface area (Å²) < 4.78 is 12.1. The molecule has 1 aromatic heterocycles. The summed E-state index contributed by atoms with van der Waals surface area (Å²) in [6.07, 6.45) is 7.25. The molecule has 4 nitrogen and oxygen atoms in total. The highest BCUT2D eigenvalue weighted by Gasteiger charge is 2.32. The lowest BCUT2D eigenvalue weighted by Gasteiger charge is -2.38. The molecule has 0 bridgehead atoms. The third-order valence-electron chi connectivity index (χ3n) is 7.03. The molecule has 3 aliphatic rings.